The number of likely N-dealkylation sites (N-methyl/N-ethyl adjacent to an activating group) is 1. The van der Waals surface area contributed by atoms with Crippen molar-refractivity contribution in [2.24, 2.45) is 0 Å². The number of carbonyl (C=O) groups excluding carboxylic acids is 1. The van der Waals surface area contributed by atoms with E-state index in [0.717, 1.165) is 17.9 Å². The van der Waals surface area contributed by atoms with Gasteiger partial charge in [0, 0.05) is 25.3 Å². The number of hydrogen-bond acceptors (Lipinski definition) is 4. The second kappa shape index (κ2) is 9.08. The third-order valence-corrected chi connectivity index (χ3v) is 4.90. The molecule has 0 radical (unpaired) electrons. The van der Waals surface area contributed by atoms with Gasteiger partial charge in [0.15, 0.2) is 0 Å². The second-order valence-electron chi connectivity index (χ2n) is 7.67. The summed E-state index contributed by atoms with van der Waals surface area (Å²) in [5.74, 6) is 1.49. The lowest BCUT2D eigenvalue weighted by molar-refractivity contribution is 0.00361. The largest absolute Gasteiger partial charge is 0.457 e. The molecule has 6 heteroatoms. The number of amides is 2. The van der Waals surface area contributed by atoms with Crippen LogP contribution in [0.5, 0.6) is 11.5 Å². The SMILES string of the molecule is CN(C)C[C@]1(O)CCCN(C(=O)Nc2ccc(Oc3ccccc3)cc2)CC1. The minimum absolute atomic E-state index is 0.133. The van der Waals surface area contributed by atoms with Crippen molar-refractivity contribution in [2.45, 2.75) is 24.9 Å². The Hall–Kier alpha value is -2.57. The van der Waals surface area contributed by atoms with Crippen LogP contribution in [0.4, 0.5) is 10.5 Å². The van der Waals surface area contributed by atoms with Crippen LogP contribution >= 0.6 is 0 Å². The monoisotopic (exact) mass is 383 g/mol. The van der Waals surface area contributed by atoms with Gasteiger partial charge in [-0.2, -0.15) is 0 Å². The molecular formula is C22H29N3O3. The van der Waals surface area contributed by atoms with Gasteiger partial charge in [0.25, 0.3) is 0 Å². The molecule has 0 aromatic heterocycles. The van der Waals surface area contributed by atoms with Crippen LogP contribution in [-0.4, -0.2) is 60.3 Å². The molecule has 0 aliphatic carbocycles. The van der Waals surface area contributed by atoms with E-state index in [1.54, 1.807) is 4.90 Å². The third kappa shape index (κ3) is 5.71. The maximum Gasteiger partial charge on any atom is 0.321 e. The quantitative estimate of drug-likeness (QED) is 0.825. The first-order valence-electron chi connectivity index (χ1n) is 9.70. The summed E-state index contributed by atoms with van der Waals surface area (Å²) in [5, 5.41) is 13.7. The summed E-state index contributed by atoms with van der Waals surface area (Å²) in [6, 6.07) is 16.8. The normalized spacial score (nSPS) is 19.9. The van der Waals surface area contributed by atoms with E-state index in [4.69, 9.17) is 4.74 Å². The van der Waals surface area contributed by atoms with Crippen molar-refractivity contribution < 1.29 is 14.6 Å². The van der Waals surface area contributed by atoms with E-state index in [1.165, 1.54) is 0 Å². The molecule has 0 unspecified atom stereocenters. The predicted molar refractivity (Wildman–Crippen MR) is 111 cm³/mol. The molecule has 1 saturated heterocycles. The van der Waals surface area contributed by atoms with E-state index < -0.39 is 5.60 Å². The zero-order chi connectivity index (χ0) is 20.0. The predicted octanol–water partition coefficient (Wildman–Crippen LogP) is 3.79. The molecule has 2 aromatic rings. The van der Waals surface area contributed by atoms with Crippen molar-refractivity contribution in [3.8, 4) is 11.5 Å². The summed E-state index contributed by atoms with van der Waals surface area (Å²) in [6.45, 7) is 1.81. The highest BCUT2D eigenvalue weighted by molar-refractivity contribution is 5.89. The lowest BCUT2D eigenvalue weighted by atomic mass is 9.94. The first kappa shape index (κ1) is 20.2. The minimum Gasteiger partial charge on any atom is -0.457 e. The number of ether oxygens (including phenoxy) is 1. The summed E-state index contributed by atoms with van der Waals surface area (Å²) in [5.41, 5.74) is -0.00666. The molecule has 1 aliphatic rings. The molecule has 28 heavy (non-hydrogen) atoms. The van der Waals surface area contributed by atoms with E-state index in [1.807, 2.05) is 73.6 Å². The van der Waals surface area contributed by atoms with Gasteiger partial charge in [-0.25, -0.2) is 4.79 Å². The topological polar surface area (TPSA) is 65.0 Å². The number of aliphatic hydroxyl groups is 1. The highest BCUT2D eigenvalue weighted by Gasteiger charge is 2.31. The number of anilines is 1. The van der Waals surface area contributed by atoms with E-state index >= 15 is 0 Å². The van der Waals surface area contributed by atoms with Crippen LogP contribution in [0.25, 0.3) is 0 Å². The van der Waals surface area contributed by atoms with Crippen LogP contribution < -0.4 is 10.1 Å². The summed E-state index contributed by atoms with van der Waals surface area (Å²) in [6.07, 6.45) is 2.09. The summed E-state index contributed by atoms with van der Waals surface area (Å²) < 4.78 is 5.77. The van der Waals surface area contributed by atoms with Gasteiger partial charge in [0.05, 0.1) is 5.60 Å². The number of hydrogen-bond donors (Lipinski definition) is 2. The van der Waals surface area contributed by atoms with E-state index in [9.17, 15) is 9.90 Å². The molecular weight excluding hydrogens is 354 g/mol. The van der Waals surface area contributed by atoms with Crippen molar-refractivity contribution in [3.05, 3.63) is 54.6 Å². The van der Waals surface area contributed by atoms with Crippen LogP contribution in [0, 0.1) is 0 Å². The van der Waals surface area contributed by atoms with Gasteiger partial charge in [-0.3, -0.25) is 0 Å². The molecule has 2 aromatic carbocycles. The van der Waals surface area contributed by atoms with E-state index in [-0.39, 0.29) is 6.03 Å². The fraction of sp³-hybridized carbons (Fsp3) is 0.409. The van der Waals surface area contributed by atoms with Crippen molar-refractivity contribution >= 4 is 11.7 Å². The zero-order valence-corrected chi connectivity index (χ0v) is 16.6. The van der Waals surface area contributed by atoms with Gasteiger partial charge in [-0.1, -0.05) is 18.2 Å². The lowest BCUT2D eigenvalue weighted by Crippen LogP contribution is -2.42. The second-order valence-corrected chi connectivity index (χ2v) is 7.67. The van der Waals surface area contributed by atoms with Gasteiger partial charge in [-0.15, -0.1) is 0 Å². The fourth-order valence-electron chi connectivity index (χ4n) is 3.56. The number of nitrogens with zero attached hydrogens (tertiary/aromatic N) is 2. The number of para-hydroxylation sites is 1. The lowest BCUT2D eigenvalue weighted by Gasteiger charge is -2.29. The van der Waals surface area contributed by atoms with Crippen LogP contribution in [0.2, 0.25) is 0 Å². The molecule has 6 nitrogen and oxygen atoms in total. The summed E-state index contributed by atoms with van der Waals surface area (Å²) in [7, 11) is 3.91. The van der Waals surface area contributed by atoms with Gasteiger partial charge in [0.2, 0.25) is 0 Å². The Kier molecular flexibility index (Phi) is 6.54. The molecule has 1 aliphatic heterocycles. The van der Waals surface area contributed by atoms with Gasteiger partial charge in [-0.05, 0) is 69.8 Å². The Morgan fingerprint density at radius 2 is 1.75 bits per heavy atom. The van der Waals surface area contributed by atoms with Crippen molar-refractivity contribution in [2.75, 3.05) is 39.0 Å². The highest BCUT2D eigenvalue weighted by Crippen LogP contribution is 2.25. The van der Waals surface area contributed by atoms with E-state index in [0.29, 0.717) is 38.2 Å². The number of benzene rings is 2. The maximum absolute atomic E-state index is 12.6. The number of likely N-dealkylation sites (tertiary alicyclic amines) is 1. The molecule has 1 atom stereocenters. The smallest absolute Gasteiger partial charge is 0.321 e. The van der Waals surface area contributed by atoms with Crippen molar-refractivity contribution in [3.63, 3.8) is 0 Å². The Morgan fingerprint density at radius 1 is 1.07 bits per heavy atom. The third-order valence-electron chi connectivity index (χ3n) is 4.90. The summed E-state index contributed by atoms with van der Waals surface area (Å²) >= 11 is 0. The van der Waals surface area contributed by atoms with Crippen LogP contribution in [0.3, 0.4) is 0 Å². The fourth-order valence-corrected chi connectivity index (χ4v) is 3.56. The Morgan fingerprint density at radius 3 is 2.43 bits per heavy atom. The highest BCUT2D eigenvalue weighted by atomic mass is 16.5. The number of urea groups is 1. The summed E-state index contributed by atoms with van der Waals surface area (Å²) in [4.78, 5) is 16.4. The van der Waals surface area contributed by atoms with Gasteiger partial charge < -0.3 is 25.0 Å². The van der Waals surface area contributed by atoms with Gasteiger partial charge >= 0.3 is 6.03 Å². The molecule has 1 heterocycles. The Bertz CT molecular complexity index is 764. The Labute approximate surface area is 166 Å². The van der Waals surface area contributed by atoms with Crippen molar-refractivity contribution in [1.29, 1.82) is 0 Å². The number of rotatable bonds is 5. The molecule has 3 rings (SSSR count). The van der Waals surface area contributed by atoms with Crippen LogP contribution in [0.15, 0.2) is 54.6 Å². The average molecular weight is 383 g/mol. The number of carbonyl (C=O) groups is 1. The molecule has 0 saturated carbocycles. The first-order chi connectivity index (χ1) is 13.4. The van der Waals surface area contributed by atoms with Crippen LogP contribution in [0.1, 0.15) is 19.3 Å². The van der Waals surface area contributed by atoms with Crippen LogP contribution in [-0.2, 0) is 0 Å². The molecule has 0 bridgehead atoms. The number of nitrogens with one attached hydrogen (secondary N) is 1. The Balaban J connectivity index is 1.54. The standard InChI is InChI=1S/C22H29N3O3/c1-24(2)17-22(27)13-6-15-25(16-14-22)21(26)23-18-9-11-20(12-10-18)28-19-7-4-3-5-8-19/h3-5,7-12,27H,6,13-17H2,1-2H3,(H,23,26)/t22-/m0/s1. The average Bonchev–Trinajstić information content (AvgIpc) is 2.85. The minimum atomic E-state index is -0.727. The van der Waals surface area contributed by atoms with Crippen molar-refractivity contribution in [1.82, 2.24) is 9.80 Å². The molecule has 2 N–H and O–H groups in total. The van der Waals surface area contributed by atoms with E-state index in [2.05, 4.69) is 5.32 Å². The molecule has 2 amide bonds. The first-order valence-corrected chi connectivity index (χ1v) is 9.70. The van der Waals surface area contributed by atoms with Gasteiger partial charge in [0.1, 0.15) is 11.5 Å². The maximum atomic E-state index is 12.6. The molecule has 1 fully saturated rings. The molecule has 150 valence electrons. The molecule has 0 spiro atoms. The zero-order valence-electron chi connectivity index (χ0n) is 16.6.